The van der Waals surface area contributed by atoms with Crippen molar-refractivity contribution in [2.24, 2.45) is 0 Å². The molecule has 0 amide bonds. The van der Waals surface area contributed by atoms with Gasteiger partial charge in [-0.2, -0.15) is 0 Å². The van der Waals surface area contributed by atoms with Crippen LogP contribution >= 0.6 is 0 Å². The summed E-state index contributed by atoms with van der Waals surface area (Å²) in [4.78, 5) is 2.48. The van der Waals surface area contributed by atoms with Gasteiger partial charge in [-0.15, -0.1) is 0 Å². The molecule has 0 aromatic heterocycles. The standard InChI is InChI=1S/C11H20N2O2S/c14-16(15)7-10-11(8-16)13(6-5-12-10)9-3-1-2-4-9/h9-12H,1-8H2. The Morgan fingerprint density at radius 2 is 1.88 bits per heavy atom. The van der Waals surface area contributed by atoms with Crippen molar-refractivity contribution in [2.45, 2.75) is 43.8 Å². The summed E-state index contributed by atoms with van der Waals surface area (Å²) in [7, 11) is -2.80. The summed E-state index contributed by atoms with van der Waals surface area (Å²) in [5, 5.41) is 3.37. The highest BCUT2D eigenvalue weighted by atomic mass is 32.2. The van der Waals surface area contributed by atoms with Crippen molar-refractivity contribution in [1.29, 1.82) is 0 Å². The molecule has 2 aliphatic heterocycles. The fourth-order valence-corrected chi connectivity index (χ4v) is 5.55. The lowest BCUT2D eigenvalue weighted by Gasteiger charge is -2.41. The normalized spacial score (nSPS) is 40.0. The van der Waals surface area contributed by atoms with Gasteiger partial charge >= 0.3 is 0 Å². The zero-order valence-electron chi connectivity index (χ0n) is 9.56. The van der Waals surface area contributed by atoms with Crippen LogP contribution in [-0.4, -0.2) is 56.0 Å². The van der Waals surface area contributed by atoms with E-state index in [1.807, 2.05) is 0 Å². The van der Waals surface area contributed by atoms with E-state index in [2.05, 4.69) is 10.2 Å². The molecule has 3 rings (SSSR count). The molecule has 3 fully saturated rings. The van der Waals surface area contributed by atoms with Gasteiger partial charge in [0.2, 0.25) is 0 Å². The van der Waals surface area contributed by atoms with Crippen LogP contribution < -0.4 is 5.32 Å². The Morgan fingerprint density at radius 1 is 1.12 bits per heavy atom. The van der Waals surface area contributed by atoms with E-state index in [-0.39, 0.29) is 12.1 Å². The Balaban J connectivity index is 1.79. The van der Waals surface area contributed by atoms with Crippen LogP contribution in [0.2, 0.25) is 0 Å². The number of sulfone groups is 1. The van der Waals surface area contributed by atoms with Crippen LogP contribution in [0.1, 0.15) is 25.7 Å². The van der Waals surface area contributed by atoms with Crippen molar-refractivity contribution in [3.63, 3.8) is 0 Å². The first-order chi connectivity index (χ1) is 7.66. The Morgan fingerprint density at radius 3 is 2.62 bits per heavy atom. The van der Waals surface area contributed by atoms with E-state index in [1.165, 1.54) is 25.7 Å². The van der Waals surface area contributed by atoms with Crippen LogP contribution in [0.25, 0.3) is 0 Å². The van der Waals surface area contributed by atoms with E-state index in [0.29, 0.717) is 17.5 Å². The predicted molar refractivity (Wildman–Crippen MR) is 63.2 cm³/mol. The molecule has 0 aromatic rings. The van der Waals surface area contributed by atoms with Gasteiger partial charge in [0.25, 0.3) is 0 Å². The Hall–Kier alpha value is -0.130. The zero-order valence-corrected chi connectivity index (χ0v) is 10.4. The van der Waals surface area contributed by atoms with Crippen LogP contribution in [-0.2, 0) is 9.84 Å². The first kappa shape index (κ1) is 11.0. The van der Waals surface area contributed by atoms with Crippen molar-refractivity contribution < 1.29 is 8.42 Å². The van der Waals surface area contributed by atoms with Crippen LogP contribution in [0.15, 0.2) is 0 Å². The maximum absolute atomic E-state index is 11.7. The third-order valence-electron chi connectivity index (χ3n) is 4.32. The van der Waals surface area contributed by atoms with Gasteiger partial charge in [0.15, 0.2) is 9.84 Å². The lowest BCUT2D eigenvalue weighted by Crippen LogP contribution is -2.59. The van der Waals surface area contributed by atoms with Crippen LogP contribution in [0.4, 0.5) is 0 Å². The molecular formula is C11H20N2O2S. The van der Waals surface area contributed by atoms with Crippen LogP contribution in [0.3, 0.4) is 0 Å². The molecule has 1 saturated carbocycles. The van der Waals surface area contributed by atoms with Crippen molar-refractivity contribution in [2.75, 3.05) is 24.6 Å². The molecule has 1 N–H and O–H groups in total. The van der Waals surface area contributed by atoms with Gasteiger partial charge in [-0.1, -0.05) is 12.8 Å². The van der Waals surface area contributed by atoms with Crippen LogP contribution in [0.5, 0.6) is 0 Å². The largest absolute Gasteiger partial charge is 0.310 e. The highest BCUT2D eigenvalue weighted by Gasteiger charge is 2.44. The first-order valence-corrected chi connectivity index (χ1v) is 8.17. The van der Waals surface area contributed by atoms with Gasteiger partial charge < -0.3 is 5.32 Å². The van der Waals surface area contributed by atoms with Gasteiger partial charge in [-0.05, 0) is 12.8 Å². The first-order valence-electron chi connectivity index (χ1n) is 6.35. The summed E-state index contributed by atoms with van der Waals surface area (Å²) >= 11 is 0. The molecule has 2 unspecified atom stereocenters. The Kier molecular flexibility index (Phi) is 2.72. The second-order valence-corrected chi connectivity index (χ2v) is 7.53. The highest BCUT2D eigenvalue weighted by molar-refractivity contribution is 7.91. The zero-order chi connectivity index (χ0) is 11.2. The average molecular weight is 244 g/mol. The highest BCUT2D eigenvalue weighted by Crippen LogP contribution is 2.30. The number of nitrogens with one attached hydrogen (secondary N) is 1. The molecule has 2 heterocycles. The minimum absolute atomic E-state index is 0.194. The maximum atomic E-state index is 11.7. The smallest absolute Gasteiger partial charge is 0.153 e. The number of piperazine rings is 1. The van der Waals surface area contributed by atoms with Crippen molar-refractivity contribution in [1.82, 2.24) is 10.2 Å². The topological polar surface area (TPSA) is 49.4 Å². The van der Waals surface area contributed by atoms with E-state index >= 15 is 0 Å². The summed E-state index contributed by atoms with van der Waals surface area (Å²) in [5.41, 5.74) is 0. The van der Waals surface area contributed by atoms with Gasteiger partial charge in [0.1, 0.15) is 0 Å². The summed E-state index contributed by atoms with van der Waals surface area (Å²) in [6.45, 7) is 1.98. The molecule has 2 atom stereocenters. The second-order valence-electron chi connectivity index (χ2n) is 5.38. The van der Waals surface area contributed by atoms with Crippen molar-refractivity contribution in [3.8, 4) is 0 Å². The van der Waals surface area contributed by atoms with Crippen molar-refractivity contribution >= 4 is 9.84 Å². The monoisotopic (exact) mass is 244 g/mol. The van der Waals surface area contributed by atoms with E-state index < -0.39 is 9.84 Å². The number of hydrogen-bond donors (Lipinski definition) is 1. The summed E-state index contributed by atoms with van der Waals surface area (Å²) < 4.78 is 23.4. The summed E-state index contributed by atoms with van der Waals surface area (Å²) in [6, 6.07) is 1.10. The van der Waals surface area contributed by atoms with Crippen molar-refractivity contribution in [3.05, 3.63) is 0 Å². The molecular weight excluding hydrogens is 224 g/mol. The Labute approximate surface area is 97.3 Å². The number of hydrogen-bond acceptors (Lipinski definition) is 4. The molecule has 0 bridgehead atoms. The van der Waals surface area contributed by atoms with Gasteiger partial charge in [-0.25, -0.2) is 8.42 Å². The minimum atomic E-state index is -2.80. The lowest BCUT2D eigenvalue weighted by atomic mass is 10.0. The number of rotatable bonds is 1. The quantitative estimate of drug-likeness (QED) is 0.705. The van der Waals surface area contributed by atoms with Gasteiger partial charge in [0.05, 0.1) is 11.5 Å². The van der Waals surface area contributed by atoms with E-state index in [9.17, 15) is 8.42 Å². The number of nitrogens with zero attached hydrogens (tertiary/aromatic N) is 1. The molecule has 3 aliphatic rings. The fraction of sp³-hybridized carbons (Fsp3) is 1.00. The molecule has 1 aliphatic carbocycles. The Bertz CT molecular complexity index is 362. The molecule has 0 radical (unpaired) electrons. The molecule has 16 heavy (non-hydrogen) atoms. The average Bonchev–Trinajstić information content (AvgIpc) is 2.80. The lowest BCUT2D eigenvalue weighted by molar-refractivity contribution is 0.0998. The summed E-state index contributed by atoms with van der Waals surface area (Å²) in [5.74, 6) is 0.724. The van der Waals surface area contributed by atoms with Gasteiger partial charge in [0, 0.05) is 31.2 Å². The minimum Gasteiger partial charge on any atom is -0.310 e. The second kappa shape index (κ2) is 3.96. The molecule has 0 aromatic carbocycles. The summed E-state index contributed by atoms with van der Waals surface area (Å²) in [6.07, 6.45) is 5.17. The number of fused-ring (bicyclic) bond motifs is 1. The molecule has 5 heteroatoms. The predicted octanol–water partition coefficient (Wildman–Crippen LogP) is -0.000200. The van der Waals surface area contributed by atoms with Gasteiger partial charge in [-0.3, -0.25) is 4.90 Å². The third-order valence-corrected chi connectivity index (χ3v) is 6.04. The fourth-order valence-electron chi connectivity index (χ4n) is 3.58. The third kappa shape index (κ3) is 1.89. The molecule has 92 valence electrons. The molecule has 2 saturated heterocycles. The van der Waals surface area contributed by atoms with E-state index in [1.54, 1.807) is 0 Å². The molecule has 0 spiro atoms. The SMILES string of the molecule is O=S1(=O)CC2NCCN(C3CCCC3)C2C1. The molecule has 4 nitrogen and oxygen atoms in total. The van der Waals surface area contributed by atoms with E-state index in [4.69, 9.17) is 0 Å². The van der Waals surface area contributed by atoms with Crippen LogP contribution in [0, 0.1) is 0 Å². The maximum Gasteiger partial charge on any atom is 0.153 e. The van der Waals surface area contributed by atoms with E-state index in [0.717, 1.165) is 13.1 Å².